The molecule has 0 bridgehead atoms. The summed E-state index contributed by atoms with van der Waals surface area (Å²) in [5.41, 5.74) is 3.60. The van der Waals surface area contributed by atoms with Crippen LogP contribution >= 0.6 is 0 Å². The van der Waals surface area contributed by atoms with Gasteiger partial charge in [-0.2, -0.15) is 0 Å². The Hall–Kier alpha value is -3.41. The summed E-state index contributed by atoms with van der Waals surface area (Å²) in [5.74, 6) is -6.52. The quantitative estimate of drug-likeness (QED) is 0.344. The maximum atomic E-state index is 13.9. The normalized spacial score (nSPS) is 27.4. The molecule has 11 nitrogen and oxygen atoms in total. The van der Waals surface area contributed by atoms with Crippen molar-refractivity contribution in [2.75, 3.05) is 47.2 Å². The van der Waals surface area contributed by atoms with Gasteiger partial charge >= 0.3 is 0 Å². The molecule has 3 aliphatic rings. The standard InChI is InChI=1S/C26H34N4O7/c1-28(2)10-12-9-15(29(3)4)13-7-11-8-14-19(30(5)6)22(33)18(25(27)36)24(35)26(14,37)23(34)16(11)21(32)17(13)20(12)31/h9,11,14,19,31,33-34,37H,7-8,10H2,1-6H3,(H2,27,36)/t11?,14?,19-,26-/m0/s1. The average molecular weight is 515 g/mol. The zero-order valence-electron chi connectivity index (χ0n) is 21.9. The highest BCUT2D eigenvalue weighted by atomic mass is 16.3. The van der Waals surface area contributed by atoms with Gasteiger partial charge in [0.05, 0.1) is 11.6 Å². The van der Waals surface area contributed by atoms with Gasteiger partial charge in [-0.05, 0) is 58.6 Å². The first-order valence-corrected chi connectivity index (χ1v) is 12.0. The van der Waals surface area contributed by atoms with E-state index in [1.54, 1.807) is 14.1 Å². The second-order valence-corrected chi connectivity index (χ2v) is 10.9. The number of anilines is 1. The molecule has 6 N–H and O–H groups in total. The first kappa shape index (κ1) is 26.6. The van der Waals surface area contributed by atoms with Gasteiger partial charge in [0.25, 0.3) is 5.91 Å². The lowest BCUT2D eigenvalue weighted by atomic mass is 9.58. The number of aliphatic hydroxyl groups excluding tert-OH is 2. The van der Waals surface area contributed by atoms with Gasteiger partial charge in [-0.15, -0.1) is 0 Å². The van der Waals surface area contributed by atoms with Crippen molar-refractivity contribution in [1.82, 2.24) is 9.80 Å². The fourth-order valence-corrected chi connectivity index (χ4v) is 6.21. The molecule has 11 heteroatoms. The van der Waals surface area contributed by atoms with E-state index in [9.17, 15) is 34.8 Å². The molecule has 1 aromatic carbocycles. The highest BCUT2D eigenvalue weighted by molar-refractivity contribution is 6.24. The number of allylic oxidation sites excluding steroid dienone is 1. The zero-order valence-corrected chi connectivity index (χ0v) is 21.9. The highest BCUT2D eigenvalue weighted by Crippen LogP contribution is 2.53. The molecule has 1 amide bonds. The van der Waals surface area contributed by atoms with E-state index >= 15 is 0 Å². The predicted octanol–water partition coefficient (Wildman–Crippen LogP) is 0.248. The Morgan fingerprint density at radius 3 is 2.24 bits per heavy atom. The summed E-state index contributed by atoms with van der Waals surface area (Å²) in [4.78, 5) is 44.6. The molecule has 1 aromatic rings. The number of carbonyl (C=O) groups excluding carboxylic acids is 3. The largest absolute Gasteiger partial charge is 0.510 e. The van der Waals surface area contributed by atoms with Crippen molar-refractivity contribution in [3.8, 4) is 5.75 Å². The maximum Gasteiger partial charge on any atom is 0.255 e. The summed E-state index contributed by atoms with van der Waals surface area (Å²) in [5, 5.41) is 45.1. The van der Waals surface area contributed by atoms with Crippen molar-refractivity contribution < 1.29 is 34.8 Å². The number of hydrogen-bond donors (Lipinski definition) is 5. The van der Waals surface area contributed by atoms with E-state index in [0.717, 1.165) is 5.69 Å². The molecule has 0 saturated carbocycles. The first-order chi connectivity index (χ1) is 17.1. The second-order valence-electron chi connectivity index (χ2n) is 10.9. The van der Waals surface area contributed by atoms with Gasteiger partial charge in [0.2, 0.25) is 5.78 Å². The molecule has 4 atom stereocenters. The van der Waals surface area contributed by atoms with Crippen molar-refractivity contribution in [2.24, 2.45) is 17.6 Å². The van der Waals surface area contributed by atoms with Crippen LogP contribution in [0.25, 0.3) is 0 Å². The minimum atomic E-state index is -2.65. The molecule has 0 aromatic heterocycles. The number of benzene rings is 1. The van der Waals surface area contributed by atoms with Gasteiger partial charge in [0, 0.05) is 43.4 Å². The number of nitrogens with zero attached hydrogens (tertiary/aromatic N) is 3. The van der Waals surface area contributed by atoms with Crippen molar-refractivity contribution in [1.29, 1.82) is 0 Å². The molecule has 2 unspecified atom stereocenters. The Morgan fingerprint density at radius 2 is 1.73 bits per heavy atom. The van der Waals surface area contributed by atoms with Crippen molar-refractivity contribution in [3.63, 3.8) is 0 Å². The Bertz CT molecular complexity index is 1280. The summed E-state index contributed by atoms with van der Waals surface area (Å²) in [6.45, 7) is 0.350. The van der Waals surface area contributed by atoms with Crippen LogP contribution in [-0.2, 0) is 22.6 Å². The molecule has 0 fully saturated rings. The number of phenols is 1. The van der Waals surface area contributed by atoms with Crippen LogP contribution in [0.1, 0.15) is 27.9 Å². The molecule has 3 aliphatic carbocycles. The Morgan fingerprint density at radius 1 is 1.11 bits per heavy atom. The van der Waals surface area contributed by atoms with Gasteiger partial charge in [-0.25, -0.2) is 0 Å². The number of rotatable bonds is 5. The number of aliphatic hydroxyl groups is 3. The number of likely N-dealkylation sites (N-methyl/N-ethyl adjacent to an activating group) is 1. The van der Waals surface area contributed by atoms with Crippen LogP contribution in [0.4, 0.5) is 5.69 Å². The summed E-state index contributed by atoms with van der Waals surface area (Å²) in [6, 6.07) is 0.810. The number of Topliss-reactive ketones (excluding diaryl/α,β-unsaturated/α-hetero) is 2. The number of carbonyl (C=O) groups is 3. The van der Waals surface area contributed by atoms with Gasteiger partial charge in [-0.3, -0.25) is 19.3 Å². The van der Waals surface area contributed by atoms with Gasteiger partial charge in [-0.1, -0.05) is 0 Å². The number of fused-ring (bicyclic) bond motifs is 3. The number of aromatic hydroxyl groups is 1. The van der Waals surface area contributed by atoms with Crippen molar-refractivity contribution in [2.45, 2.75) is 31.0 Å². The monoisotopic (exact) mass is 514 g/mol. The molecule has 200 valence electrons. The Balaban J connectivity index is 1.98. The van der Waals surface area contributed by atoms with Crippen molar-refractivity contribution in [3.05, 3.63) is 45.4 Å². The molecule has 37 heavy (non-hydrogen) atoms. The van der Waals surface area contributed by atoms with Crippen LogP contribution in [0, 0.1) is 11.8 Å². The predicted molar refractivity (Wildman–Crippen MR) is 135 cm³/mol. The summed E-state index contributed by atoms with van der Waals surface area (Å²) < 4.78 is 0. The lowest BCUT2D eigenvalue weighted by Gasteiger charge is -2.50. The Labute approximate surface area is 215 Å². The molecule has 0 saturated heterocycles. The number of ketones is 2. The van der Waals surface area contributed by atoms with E-state index < -0.39 is 58.0 Å². The van der Waals surface area contributed by atoms with Crippen LogP contribution in [0.15, 0.2) is 28.7 Å². The number of primary amides is 1. The van der Waals surface area contributed by atoms with E-state index in [-0.39, 0.29) is 29.7 Å². The second kappa shape index (κ2) is 8.86. The minimum absolute atomic E-state index is 0.0174. The summed E-state index contributed by atoms with van der Waals surface area (Å²) in [6.07, 6.45) is 0.302. The van der Waals surface area contributed by atoms with E-state index in [2.05, 4.69) is 0 Å². The highest BCUT2D eigenvalue weighted by Gasteiger charge is 2.63. The third-order valence-corrected chi connectivity index (χ3v) is 7.75. The molecule has 4 rings (SSSR count). The van der Waals surface area contributed by atoms with Crippen LogP contribution in [0.3, 0.4) is 0 Å². The number of amides is 1. The lowest BCUT2D eigenvalue weighted by Crippen LogP contribution is -2.63. The SMILES string of the molecule is CN(C)Cc1cc(N(C)C)c2c(c1O)C(=O)C1=C(O)[C@]3(O)C(=O)C(C(N)=O)=C(O)[C@@H](N(C)C)C3CC1C2. The van der Waals surface area contributed by atoms with E-state index in [4.69, 9.17) is 5.73 Å². The molecule has 0 radical (unpaired) electrons. The van der Waals surface area contributed by atoms with Crippen molar-refractivity contribution >= 4 is 23.2 Å². The molecule has 0 spiro atoms. The smallest absolute Gasteiger partial charge is 0.255 e. The van der Waals surface area contributed by atoms with Crippen LogP contribution in [0.2, 0.25) is 0 Å². The third kappa shape index (κ3) is 3.72. The maximum absolute atomic E-state index is 13.9. The number of phenolic OH excluding ortho intramolecular Hbond substituents is 1. The topological polar surface area (TPSA) is 168 Å². The minimum Gasteiger partial charge on any atom is -0.510 e. The lowest BCUT2D eigenvalue weighted by molar-refractivity contribution is -0.148. The zero-order chi connectivity index (χ0) is 27.7. The Kier molecular flexibility index (Phi) is 6.38. The van der Waals surface area contributed by atoms with Crippen LogP contribution in [0.5, 0.6) is 5.75 Å². The van der Waals surface area contributed by atoms with Gasteiger partial charge < -0.3 is 36.0 Å². The van der Waals surface area contributed by atoms with Gasteiger partial charge in [0.1, 0.15) is 22.8 Å². The average Bonchev–Trinajstić information content (AvgIpc) is 2.77. The fraction of sp³-hybridized carbons (Fsp3) is 0.500. The third-order valence-electron chi connectivity index (χ3n) is 7.75. The van der Waals surface area contributed by atoms with Crippen LogP contribution < -0.4 is 10.6 Å². The van der Waals surface area contributed by atoms with E-state index in [1.165, 1.54) is 4.90 Å². The number of hydrogen-bond acceptors (Lipinski definition) is 10. The summed E-state index contributed by atoms with van der Waals surface area (Å²) in [7, 11) is 10.5. The first-order valence-electron chi connectivity index (χ1n) is 12.0. The molecular weight excluding hydrogens is 480 g/mol. The molecule has 0 aliphatic heterocycles. The summed E-state index contributed by atoms with van der Waals surface area (Å²) >= 11 is 0. The molecular formula is C26H34N4O7. The van der Waals surface area contributed by atoms with E-state index in [1.807, 2.05) is 44.1 Å². The fourth-order valence-electron chi connectivity index (χ4n) is 6.21. The van der Waals surface area contributed by atoms with E-state index in [0.29, 0.717) is 17.7 Å². The molecule has 0 heterocycles. The number of nitrogens with two attached hydrogens (primary N) is 1. The van der Waals surface area contributed by atoms with Crippen LogP contribution in [-0.4, -0.2) is 102 Å². The van der Waals surface area contributed by atoms with Gasteiger partial charge in [0.15, 0.2) is 11.4 Å².